The molecular formula is C21H21N5O2. The van der Waals surface area contributed by atoms with E-state index in [4.69, 9.17) is 0 Å². The van der Waals surface area contributed by atoms with Crippen molar-refractivity contribution in [2.24, 2.45) is 0 Å². The summed E-state index contributed by atoms with van der Waals surface area (Å²) in [7, 11) is 0. The molecule has 3 aromatic rings. The third kappa shape index (κ3) is 4.70. The molecule has 0 unspecified atom stereocenters. The minimum absolute atomic E-state index is 0.129. The Labute approximate surface area is 163 Å². The Hall–Kier alpha value is -3.74. The number of hydrogen-bond donors (Lipinski definition) is 3. The zero-order valence-electron chi connectivity index (χ0n) is 15.9. The van der Waals surface area contributed by atoms with E-state index < -0.39 is 0 Å². The van der Waals surface area contributed by atoms with E-state index in [9.17, 15) is 9.59 Å². The third-order valence-corrected chi connectivity index (χ3v) is 4.10. The van der Waals surface area contributed by atoms with Gasteiger partial charge in [0.1, 0.15) is 17.8 Å². The van der Waals surface area contributed by atoms with Crippen LogP contribution in [0.4, 0.5) is 22.9 Å². The lowest BCUT2D eigenvalue weighted by Gasteiger charge is -2.12. The molecule has 0 radical (unpaired) electrons. The predicted molar refractivity (Wildman–Crippen MR) is 110 cm³/mol. The average Bonchev–Trinajstić information content (AvgIpc) is 2.66. The second kappa shape index (κ2) is 8.30. The number of aromatic nitrogens is 2. The van der Waals surface area contributed by atoms with E-state index in [1.165, 1.54) is 13.3 Å². The summed E-state index contributed by atoms with van der Waals surface area (Å²) in [6.45, 7) is 5.35. The molecule has 0 bridgehead atoms. The number of benzene rings is 2. The molecule has 2 amide bonds. The summed E-state index contributed by atoms with van der Waals surface area (Å²) in [6, 6.07) is 14.6. The van der Waals surface area contributed by atoms with Crippen LogP contribution in [0.5, 0.6) is 0 Å². The highest BCUT2D eigenvalue weighted by atomic mass is 16.2. The van der Waals surface area contributed by atoms with E-state index in [0.29, 0.717) is 11.5 Å². The molecule has 3 N–H and O–H groups in total. The smallest absolute Gasteiger partial charge is 0.274 e. The van der Waals surface area contributed by atoms with Gasteiger partial charge in [0.2, 0.25) is 5.91 Å². The lowest BCUT2D eigenvalue weighted by Crippen LogP contribution is -2.15. The number of nitrogens with one attached hydrogen (secondary N) is 3. The van der Waals surface area contributed by atoms with Crippen LogP contribution in [0, 0.1) is 13.8 Å². The first-order valence-corrected chi connectivity index (χ1v) is 8.76. The van der Waals surface area contributed by atoms with E-state index in [1.807, 2.05) is 44.2 Å². The highest BCUT2D eigenvalue weighted by Crippen LogP contribution is 2.21. The zero-order valence-corrected chi connectivity index (χ0v) is 15.9. The summed E-state index contributed by atoms with van der Waals surface area (Å²) in [6.07, 6.45) is 1.34. The Morgan fingerprint density at radius 3 is 2.14 bits per heavy atom. The molecule has 7 heteroatoms. The fourth-order valence-electron chi connectivity index (χ4n) is 2.73. The number of carbonyl (C=O) groups is 2. The van der Waals surface area contributed by atoms with Crippen molar-refractivity contribution in [2.75, 3.05) is 16.0 Å². The zero-order chi connectivity index (χ0) is 20.1. The van der Waals surface area contributed by atoms with Crippen molar-refractivity contribution in [3.05, 3.63) is 71.7 Å². The van der Waals surface area contributed by atoms with Gasteiger partial charge in [-0.05, 0) is 49.2 Å². The third-order valence-electron chi connectivity index (χ3n) is 4.10. The SMILES string of the molecule is CC(=O)Nc1ccc(Nc2cc(C(=O)Nc3c(C)cccc3C)ncn2)cc1. The molecule has 1 heterocycles. The van der Waals surface area contributed by atoms with Crippen molar-refractivity contribution in [3.8, 4) is 0 Å². The van der Waals surface area contributed by atoms with Crippen LogP contribution in [0.1, 0.15) is 28.5 Å². The largest absolute Gasteiger partial charge is 0.340 e. The van der Waals surface area contributed by atoms with Crippen LogP contribution in [0.2, 0.25) is 0 Å². The van der Waals surface area contributed by atoms with Crippen molar-refractivity contribution < 1.29 is 9.59 Å². The van der Waals surface area contributed by atoms with Gasteiger partial charge in [-0.3, -0.25) is 9.59 Å². The highest BCUT2D eigenvalue weighted by molar-refractivity contribution is 6.04. The number of para-hydroxylation sites is 1. The fourth-order valence-corrected chi connectivity index (χ4v) is 2.73. The normalized spacial score (nSPS) is 10.2. The average molecular weight is 375 g/mol. The molecule has 0 saturated carbocycles. The molecule has 142 valence electrons. The van der Waals surface area contributed by atoms with E-state index in [1.54, 1.807) is 18.2 Å². The Kier molecular flexibility index (Phi) is 5.64. The van der Waals surface area contributed by atoms with E-state index in [-0.39, 0.29) is 17.5 Å². The molecule has 1 aromatic heterocycles. The number of anilines is 4. The second-order valence-electron chi connectivity index (χ2n) is 6.39. The van der Waals surface area contributed by atoms with Gasteiger partial charge in [-0.15, -0.1) is 0 Å². The van der Waals surface area contributed by atoms with Gasteiger partial charge < -0.3 is 16.0 Å². The van der Waals surface area contributed by atoms with Gasteiger partial charge >= 0.3 is 0 Å². The molecule has 3 rings (SSSR count). The molecule has 28 heavy (non-hydrogen) atoms. The van der Waals surface area contributed by atoms with E-state index in [0.717, 1.165) is 22.5 Å². The van der Waals surface area contributed by atoms with Crippen molar-refractivity contribution in [1.82, 2.24) is 9.97 Å². The number of nitrogens with zero attached hydrogens (tertiary/aromatic N) is 2. The summed E-state index contributed by atoms with van der Waals surface area (Å²) in [4.78, 5) is 31.9. The van der Waals surface area contributed by atoms with Crippen LogP contribution in [0.3, 0.4) is 0 Å². The lowest BCUT2D eigenvalue weighted by molar-refractivity contribution is -0.114. The monoisotopic (exact) mass is 375 g/mol. The van der Waals surface area contributed by atoms with E-state index >= 15 is 0 Å². The first-order valence-electron chi connectivity index (χ1n) is 8.76. The minimum atomic E-state index is -0.302. The second-order valence-corrected chi connectivity index (χ2v) is 6.39. The predicted octanol–water partition coefficient (Wildman–Crippen LogP) is 4.05. The summed E-state index contributed by atoms with van der Waals surface area (Å²) in [5, 5.41) is 8.74. The van der Waals surface area contributed by atoms with Crippen molar-refractivity contribution in [3.63, 3.8) is 0 Å². The Morgan fingerprint density at radius 2 is 1.50 bits per heavy atom. The van der Waals surface area contributed by atoms with Crippen LogP contribution < -0.4 is 16.0 Å². The maximum absolute atomic E-state index is 12.6. The number of carbonyl (C=O) groups excluding carboxylic acids is 2. The molecule has 0 spiro atoms. The van der Waals surface area contributed by atoms with E-state index in [2.05, 4.69) is 25.9 Å². The number of aryl methyl sites for hydroxylation is 2. The molecule has 7 nitrogen and oxygen atoms in total. The summed E-state index contributed by atoms with van der Waals surface area (Å²) in [5.41, 5.74) is 4.49. The number of rotatable bonds is 5. The minimum Gasteiger partial charge on any atom is -0.340 e. The van der Waals surface area contributed by atoms with Gasteiger partial charge in [-0.25, -0.2) is 9.97 Å². The Balaban J connectivity index is 1.73. The van der Waals surface area contributed by atoms with Gasteiger partial charge in [0.15, 0.2) is 0 Å². The molecule has 0 aliphatic rings. The van der Waals surface area contributed by atoms with Crippen LogP contribution in [-0.4, -0.2) is 21.8 Å². The Morgan fingerprint density at radius 1 is 0.857 bits per heavy atom. The molecule has 0 aliphatic carbocycles. The molecule has 0 saturated heterocycles. The van der Waals surface area contributed by atoms with Crippen molar-refractivity contribution >= 4 is 34.7 Å². The van der Waals surface area contributed by atoms with Crippen LogP contribution in [0.15, 0.2) is 54.9 Å². The van der Waals surface area contributed by atoms with Gasteiger partial charge in [-0.1, -0.05) is 18.2 Å². The van der Waals surface area contributed by atoms with Crippen molar-refractivity contribution in [1.29, 1.82) is 0 Å². The van der Waals surface area contributed by atoms with Gasteiger partial charge in [-0.2, -0.15) is 0 Å². The maximum atomic E-state index is 12.6. The van der Waals surface area contributed by atoms with Gasteiger partial charge in [0.25, 0.3) is 5.91 Å². The summed E-state index contributed by atoms with van der Waals surface area (Å²) < 4.78 is 0. The molecule has 0 aliphatic heterocycles. The van der Waals surface area contributed by atoms with Gasteiger partial charge in [0.05, 0.1) is 0 Å². The maximum Gasteiger partial charge on any atom is 0.274 e. The molecule has 2 aromatic carbocycles. The van der Waals surface area contributed by atoms with Crippen LogP contribution in [0.25, 0.3) is 0 Å². The van der Waals surface area contributed by atoms with Crippen molar-refractivity contribution in [2.45, 2.75) is 20.8 Å². The van der Waals surface area contributed by atoms with Gasteiger partial charge in [0, 0.05) is 30.1 Å². The molecule has 0 fully saturated rings. The molecular weight excluding hydrogens is 354 g/mol. The number of amides is 2. The fraction of sp³-hybridized carbons (Fsp3) is 0.143. The topological polar surface area (TPSA) is 96.0 Å². The first-order chi connectivity index (χ1) is 13.4. The highest BCUT2D eigenvalue weighted by Gasteiger charge is 2.12. The standard InChI is InChI=1S/C21H21N5O2/c1-13-5-4-6-14(2)20(13)26-21(28)18-11-19(23-12-22-18)25-17-9-7-16(8-10-17)24-15(3)27/h4-12H,1-3H3,(H,24,27)(H,26,28)(H,22,23,25). The molecule has 0 atom stereocenters. The quantitative estimate of drug-likeness (QED) is 0.625. The first kappa shape index (κ1) is 19.0. The number of hydrogen-bond acceptors (Lipinski definition) is 5. The summed E-state index contributed by atoms with van der Waals surface area (Å²) >= 11 is 0. The lowest BCUT2D eigenvalue weighted by atomic mass is 10.1. The summed E-state index contributed by atoms with van der Waals surface area (Å²) in [5.74, 6) is 0.0637. The van der Waals surface area contributed by atoms with Crippen LogP contribution in [-0.2, 0) is 4.79 Å². The van der Waals surface area contributed by atoms with Crippen LogP contribution >= 0.6 is 0 Å². The Bertz CT molecular complexity index is 995.